The summed E-state index contributed by atoms with van der Waals surface area (Å²) in [6.07, 6.45) is 1.67. The average molecular weight is 347 g/mol. The minimum atomic E-state index is -0.435. The first-order chi connectivity index (χ1) is 12.7. The highest BCUT2D eigenvalue weighted by atomic mass is 19.1. The molecule has 0 aliphatic rings. The minimum Gasteiger partial charge on any atom is -0.434 e. The van der Waals surface area contributed by atoms with Gasteiger partial charge in [0.15, 0.2) is 11.2 Å². The molecule has 128 valence electrons. The first-order valence-electron chi connectivity index (χ1n) is 8.04. The number of pyridine rings is 1. The molecule has 6 heteroatoms. The molecule has 26 heavy (non-hydrogen) atoms. The predicted molar refractivity (Wildman–Crippen MR) is 94.8 cm³/mol. The summed E-state index contributed by atoms with van der Waals surface area (Å²) in [4.78, 5) is 20.5. The Morgan fingerprint density at radius 1 is 1.08 bits per heavy atom. The van der Waals surface area contributed by atoms with Crippen molar-refractivity contribution in [3.05, 3.63) is 83.8 Å². The maximum atomic E-state index is 13.2. The van der Waals surface area contributed by atoms with Crippen molar-refractivity contribution in [1.29, 1.82) is 0 Å². The first-order valence-corrected chi connectivity index (χ1v) is 8.04. The Labute approximate surface area is 148 Å². The van der Waals surface area contributed by atoms with Gasteiger partial charge in [-0.25, -0.2) is 9.37 Å². The molecule has 0 saturated carbocycles. The van der Waals surface area contributed by atoms with Crippen LogP contribution in [0.1, 0.15) is 15.9 Å². The van der Waals surface area contributed by atoms with Crippen molar-refractivity contribution in [2.24, 2.45) is 0 Å². The van der Waals surface area contributed by atoms with Gasteiger partial charge in [0.05, 0.1) is 0 Å². The van der Waals surface area contributed by atoms with E-state index in [2.05, 4.69) is 15.3 Å². The number of nitrogens with one attached hydrogen (secondary N) is 1. The van der Waals surface area contributed by atoms with Crippen LogP contribution in [0.25, 0.3) is 22.7 Å². The van der Waals surface area contributed by atoms with Crippen LogP contribution in [0.5, 0.6) is 0 Å². The zero-order valence-electron chi connectivity index (χ0n) is 13.6. The Kier molecular flexibility index (Phi) is 4.15. The molecule has 0 aliphatic heterocycles. The smallest absolute Gasteiger partial charge is 0.251 e. The van der Waals surface area contributed by atoms with Gasteiger partial charge in [0, 0.05) is 23.9 Å². The van der Waals surface area contributed by atoms with E-state index in [-0.39, 0.29) is 5.91 Å². The molecular weight excluding hydrogens is 333 g/mol. The third-order valence-corrected chi connectivity index (χ3v) is 3.91. The van der Waals surface area contributed by atoms with E-state index in [9.17, 15) is 9.18 Å². The number of fused-ring (bicyclic) bond motifs is 1. The summed E-state index contributed by atoms with van der Waals surface area (Å²) < 4.78 is 18.9. The third-order valence-electron chi connectivity index (χ3n) is 3.91. The summed E-state index contributed by atoms with van der Waals surface area (Å²) in [5.74, 6) is -0.262. The van der Waals surface area contributed by atoms with Gasteiger partial charge in [-0.2, -0.15) is 4.98 Å². The Morgan fingerprint density at radius 3 is 2.69 bits per heavy atom. The van der Waals surface area contributed by atoms with Crippen molar-refractivity contribution >= 4 is 17.1 Å². The maximum Gasteiger partial charge on any atom is 0.251 e. The van der Waals surface area contributed by atoms with E-state index in [0.29, 0.717) is 29.2 Å². The van der Waals surface area contributed by atoms with Crippen molar-refractivity contribution in [3.8, 4) is 11.5 Å². The summed E-state index contributed by atoms with van der Waals surface area (Å²) in [5.41, 5.74) is 3.22. The lowest BCUT2D eigenvalue weighted by Gasteiger charge is -2.06. The van der Waals surface area contributed by atoms with Crippen LogP contribution in [-0.2, 0) is 6.54 Å². The highest BCUT2D eigenvalue weighted by molar-refractivity contribution is 5.94. The SMILES string of the molecule is O=C(NCc1ccc(-c2nc3ncccc3o2)cc1)c1cccc(F)c1. The van der Waals surface area contributed by atoms with Crippen LogP contribution in [0, 0.1) is 5.82 Å². The Morgan fingerprint density at radius 2 is 1.92 bits per heavy atom. The molecule has 0 fully saturated rings. The molecule has 2 aromatic heterocycles. The summed E-state index contributed by atoms with van der Waals surface area (Å²) in [6, 6.07) is 16.7. The summed E-state index contributed by atoms with van der Waals surface area (Å²) in [6.45, 7) is 0.338. The fourth-order valence-corrected chi connectivity index (χ4v) is 2.57. The molecule has 1 N–H and O–H groups in total. The van der Waals surface area contributed by atoms with Gasteiger partial charge in [0.2, 0.25) is 5.89 Å². The number of oxazole rings is 1. The molecule has 0 aliphatic carbocycles. The zero-order chi connectivity index (χ0) is 17.9. The number of hydrogen-bond donors (Lipinski definition) is 1. The van der Waals surface area contributed by atoms with E-state index in [1.54, 1.807) is 18.3 Å². The van der Waals surface area contributed by atoms with Crippen LogP contribution >= 0.6 is 0 Å². The van der Waals surface area contributed by atoms with E-state index in [1.807, 2.05) is 30.3 Å². The lowest BCUT2D eigenvalue weighted by molar-refractivity contribution is 0.0950. The van der Waals surface area contributed by atoms with Gasteiger partial charge in [-0.05, 0) is 48.0 Å². The zero-order valence-corrected chi connectivity index (χ0v) is 13.6. The molecule has 0 atom stereocenters. The topological polar surface area (TPSA) is 68.0 Å². The fourth-order valence-electron chi connectivity index (χ4n) is 2.57. The summed E-state index contributed by atoms with van der Waals surface area (Å²) in [5, 5.41) is 2.77. The largest absolute Gasteiger partial charge is 0.434 e. The number of aromatic nitrogens is 2. The quantitative estimate of drug-likeness (QED) is 0.607. The van der Waals surface area contributed by atoms with Gasteiger partial charge in [-0.1, -0.05) is 18.2 Å². The second-order valence-corrected chi connectivity index (χ2v) is 5.73. The molecule has 5 nitrogen and oxygen atoms in total. The minimum absolute atomic E-state index is 0.292. The number of hydrogen-bond acceptors (Lipinski definition) is 4. The van der Waals surface area contributed by atoms with Crippen LogP contribution in [0.4, 0.5) is 4.39 Å². The van der Waals surface area contributed by atoms with Crippen molar-refractivity contribution in [2.45, 2.75) is 6.54 Å². The van der Waals surface area contributed by atoms with Crippen molar-refractivity contribution in [1.82, 2.24) is 15.3 Å². The number of carbonyl (C=O) groups excluding carboxylic acids is 1. The molecule has 0 bridgehead atoms. The number of carbonyl (C=O) groups is 1. The maximum absolute atomic E-state index is 13.2. The predicted octanol–water partition coefficient (Wildman–Crippen LogP) is 3.96. The number of rotatable bonds is 4. The first kappa shape index (κ1) is 16.0. The summed E-state index contributed by atoms with van der Waals surface area (Å²) >= 11 is 0. The van der Waals surface area contributed by atoms with Crippen molar-refractivity contribution in [3.63, 3.8) is 0 Å². The van der Waals surface area contributed by atoms with E-state index < -0.39 is 5.82 Å². The highest BCUT2D eigenvalue weighted by Gasteiger charge is 2.09. The van der Waals surface area contributed by atoms with Gasteiger partial charge in [0.1, 0.15) is 5.82 Å². The van der Waals surface area contributed by atoms with Crippen LogP contribution < -0.4 is 5.32 Å². The third kappa shape index (κ3) is 3.30. The van der Waals surface area contributed by atoms with Gasteiger partial charge in [0.25, 0.3) is 5.91 Å². The summed E-state index contributed by atoms with van der Waals surface area (Å²) in [7, 11) is 0. The number of nitrogens with zero attached hydrogens (tertiary/aromatic N) is 2. The van der Waals surface area contributed by atoms with Crippen molar-refractivity contribution in [2.75, 3.05) is 0 Å². The Balaban J connectivity index is 1.45. The molecule has 2 aromatic carbocycles. The van der Waals surface area contributed by atoms with E-state index >= 15 is 0 Å². The van der Waals surface area contributed by atoms with Crippen LogP contribution in [0.15, 0.2) is 71.3 Å². The molecule has 0 radical (unpaired) electrons. The fraction of sp³-hybridized carbons (Fsp3) is 0.0500. The van der Waals surface area contributed by atoms with E-state index in [1.165, 1.54) is 18.2 Å². The standard InChI is InChI=1S/C20H14FN3O2/c21-16-4-1-3-15(11-16)19(25)23-12-13-6-8-14(9-7-13)20-24-18-17(26-20)5-2-10-22-18/h1-11H,12H2,(H,23,25). The molecule has 0 saturated heterocycles. The number of amides is 1. The Hall–Kier alpha value is -3.54. The molecule has 1 amide bonds. The van der Waals surface area contributed by atoms with Crippen LogP contribution in [0.2, 0.25) is 0 Å². The van der Waals surface area contributed by atoms with E-state index in [4.69, 9.17) is 4.42 Å². The van der Waals surface area contributed by atoms with Crippen LogP contribution in [-0.4, -0.2) is 15.9 Å². The number of benzene rings is 2. The Bertz CT molecular complexity index is 1040. The van der Waals surface area contributed by atoms with E-state index in [0.717, 1.165) is 11.1 Å². The van der Waals surface area contributed by atoms with Gasteiger partial charge < -0.3 is 9.73 Å². The lowest BCUT2D eigenvalue weighted by atomic mass is 10.1. The molecule has 4 aromatic rings. The number of halogens is 1. The molecule has 2 heterocycles. The average Bonchev–Trinajstić information content (AvgIpc) is 3.11. The monoisotopic (exact) mass is 347 g/mol. The molecule has 4 rings (SSSR count). The molecule has 0 unspecified atom stereocenters. The normalized spacial score (nSPS) is 10.8. The van der Waals surface area contributed by atoms with Gasteiger partial charge in [-0.3, -0.25) is 4.79 Å². The molecule has 0 spiro atoms. The van der Waals surface area contributed by atoms with Gasteiger partial charge >= 0.3 is 0 Å². The second-order valence-electron chi connectivity index (χ2n) is 5.73. The van der Waals surface area contributed by atoms with Crippen LogP contribution in [0.3, 0.4) is 0 Å². The highest BCUT2D eigenvalue weighted by Crippen LogP contribution is 2.23. The van der Waals surface area contributed by atoms with Crippen molar-refractivity contribution < 1.29 is 13.6 Å². The van der Waals surface area contributed by atoms with Gasteiger partial charge in [-0.15, -0.1) is 0 Å². The molecular formula is C20H14FN3O2. The second kappa shape index (κ2) is 6.76. The lowest BCUT2D eigenvalue weighted by Crippen LogP contribution is -2.22.